The zero-order chi connectivity index (χ0) is 21.8. The number of benzene rings is 2. The first-order chi connectivity index (χ1) is 15.0. The Hall–Kier alpha value is -3.29. The van der Waals surface area contributed by atoms with Crippen molar-refractivity contribution in [1.82, 2.24) is 14.8 Å². The number of carbonyl (C=O) groups is 1. The van der Waals surface area contributed by atoms with Gasteiger partial charge in [-0.2, -0.15) is 0 Å². The number of nitrogens with one attached hydrogen (secondary N) is 1. The number of anilines is 1. The Bertz CT molecular complexity index is 1220. The number of hydrogen-bond donors (Lipinski definition) is 1. The van der Waals surface area contributed by atoms with Crippen molar-refractivity contribution in [2.75, 3.05) is 5.32 Å². The molecule has 9 heteroatoms. The molecule has 0 saturated heterocycles. The van der Waals surface area contributed by atoms with E-state index in [9.17, 15) is 4.79 Å². The largest absolute Gasteiger partial charge is 0.486 e. The van der Waals surface area contributed by atoms with Gasteiger partial charge in [0.15, 0.2) is 5.76 Å². The number of aromatic nitrogens is 3. The smallest absolute Gasteiger partial charge is 0.293 e. The zero-order valence-electron chi connectivity index (χ0n) is 16.5. The van der Waals surface area contributed by atoms with Crippen LogP contribution in [0.2, 0.25) is 10.0 Å². The number of hydrogen-bond acceptors (Lipinski definition) is 5. The molecule has 1 amide bonds. The minimum Gasteiger partial charge on any atom is -0.486 e. The van der Waals surface area contributed by atoms with Crippen LogP contribution < -0.4 is 10.1 Å². The van der Waals surface area contributed by atoms with Gasteiger partial charge in [-0.3, -0.25) is 10.1 Å². The van der Waals surface area contributed by atoms with E-state index in [1.54, 1.807) is 28.9 Å². The van der Waals surface area contributed by atoms with E-state index in [-0.39, 0.29) is 18.3 Å². The van der Waals surface area contributed by atoms with E-state index in [2.05, 4.69) is 15.4 Å². The van der Waals surface area contributed by atoms with Crippen molar-refractivity contribution < 1.29 is 13.9 Å². The van der Waals surface area contributed by atoms with E-state index < -0.39 is 5.91 Å². The molecule has 0 unspecified atom stereocenters. The maximum atomic E-state index is 12.4. The van der Waals surface area contributed by atoms with Gasteiger partial charge in [-0.25, -0.2) is 9.67 Å². The topological polar surface area (TPSA) is 82.2 Å². The van der Waals surface area contributed by atoms with Crippen LogP contribution in [0.1, 0.15) is 27.4 Å². The molecule has 0 aliphatic carbocycles. The molecule has 4 rings (SSSR count). The summed E-state index contributed by atoms with van der Waals surface area (Å²) in [6.45, 7) is 2.59. The highest BCUT2D eigenvalue weighted by molar-refractivity contribution is 6.35. The Morgan fingerprint density at radius 2 is 2.03 bits per heavy atom. The van der Waals surface area contributed by atoms with E-state index in [4.69, 9.17) is 32.4 Å². The number of carbonyl (C=O) groups excluding carboxylic acids is 1. The third-order valence-corrected chi connectivity index (χ3v) is 4.95. The molecular formula is C22H18Cl2N4O3. The van der Waals surface area contributed by atoms with E-state index in [0.29, 0.717) is 22.4 Å². The third kappa shape index (κ3) is 5.45. The zero-order valence-corrected chi connectivity index (χ0v) is 18.0. The first-order valence-corrected chi connectivity index (χ1v) is 10.1. The van der Waals surface area contributed by atoms with Crippen LogP contribution in [0.25, 0.3) is 0 Å². The summed E-state index contributed by atoms with van der Waals surface area (Å²) in [5, 5.41) is 7.94. The molecule has 4 aromatic rings. The molecule has 0 atom stereocenters. The van der Waals surface area contributed by atoms with Crippen molar-refractivity contribution >= 4 is 35.1 Å². The highest BCUT2D eigenvalue weighted by Gasteiger charge is 2.14. The Balaban J connectivity index is 1.34. The van der Waals surface area contributed by atoms with Crippen LogP contribution in [-0.2, 0) is 13.2 Å². The number of ether oxygens (including phenoxy) is 1. The first-order valence-electron chi connectivity index (χ1n) is 9.39. The molecule has 0 saturated carbocycles. The lowest BCUT2D eigenvalue weighted by Crippen LogP contribution is -2.12. The molecule has 0 aliphatic rings. The molecule has 2 aromatic carbocycles. The molecule has 7 nitrogen and oxygen atoms in total. The van der Waals surface area contributed by atoms with Crippen molar-refractivity contribution in [1.29, 1.82) is 0 Å². The summed E-state index contributed by atoms with van der Waals surface area (Å²) in [4.78, 5) is 16.5. The lowest BCUT2D eigenvalue weighted by Gasteiger charge is -2.05. The average Bonchev–Trinajstić information content (AvgIpc) is 3.38. The number of halogens is 2. The summed E-state index contributed by atoms with van der Waals surface area (Å²) in [6, 6.07) is 16.2. The lowest BCUT2D eigenvalue weighted by atomic mass is 10.2. The van der Waals surface area contributed by atoms with Crippen molar-refractivity contribution in [2.24, 2.45) is 0 Å². The van der Waals surface area contributed by atoms with Crippen LogP contribution >= 0.6 is 23.2 Å². The fourth-order valence-corrected chi connectivity index (χ4v) is 3.32. The maximum absolute atomic E-state index is 12.4. The quantitative estimate of drug-likeness (QED) is 0.404. The second-order valence-corrected chi connectivity index (χ2v) is 7.67. The van der Waals surface area contributed by atoms with Gasteiger partial charge in [0.2, 0.25) is 5.95 Å². The molecule has 0 bridgehead atoms. The highest BCUT2D eigenvalue weighted by Crippen LogP contribution is 2.22. The summed E-state index contributed by atoms with van der Waals surface area (Å²) in [7, 11) is 0. The summed E-state index contributed by atoms with van der Waals surface area (Å²) >= 11 is 12.1. The number of rotatable bonds is 7. The molecule has 2 aromatic heterocycles. The van der Waals surface area contributed by atoms with Crippen LogP contribution in [0.15, 0.2) is 65.3 Å². The van der Waals surface area contributed by atoms with Crippen LogP contribution in [0.4, 0.5) is 5.95 Å². The number of furan rings is 1. The average molecular weight is 457 g/mol. The van der Waals surface area contributed by atoms with Gasteiger partial charge >= 0.3 is 0 Å². The molecule has 158 valence electrons. The van der Waals surface area contributed by atoms with E-state index in [1.807, 2.05) is 37.3 Å². The van der Waals surface area contributed by atoms with Crippen molar-refractivity contribution in [3.63, 3.8) is 0 Å². The molecular weight excluding hydrogens is 439 g/mol. The third-order valence-electron chi connectivity index (χ3n) is 4.37. The fraction of sp³-hybridized carbons (Fsp3) is 0.136. The summed E-state index contributed by atoms with van der Waals surface area (Å²) in [5.74, 6) is 1.11. The van der Waals surface area contributed by atoms with E-state index in [1.165, 1.54) is 6.33 Å². The standard InChI is InChI=1S/C22H18Cl2N4O3/c1-14-3-2-4-17(9-14)30-12-18-7-8-20(31-18)21(29)26-22-25-13-28(27-22)11-15-5-6-16(23)10-19(15)24/h2-10,13H,11-12H2,1H3,(H,26,27,29). The van der Waals surface area contributed by atoms with E-state index in [0.717, 1.165) is 16.9 Å². The minimum atomic E-state index is -0.455. The Morgan fingerprint density at radius 1 is 1.16 bits per heavy atom. The lowest BCUT2D eigenvalue weighted by molar-refractivity contribution is 0.0991. The van der Waals surface area contributed by atoms with Gasteiger partial charge < -0.3 is 9.15 Å². The van der Waals surface area contributed by atoms with Crippen molar-refractivity contribution in [3.8, 4) is 5.75 Å². The molecule has 31 heavy (non-hydrogen) atoms. The second-order valence-electron chi connectivity index (χ2n) is 6.83. The predicted octanol–water partition coefficient (Wildman–Crippen LogP) is 5.37. The van der Waals surface area contributed by atoms with Crippen molar-refractivity contribution in [3.05, 3.63) is 93.6 Å². The molecule has 0 spiro atoms. The summed E-state index contributed by atoms with van der Waals surface area (Å²) in [6.07, 6.45) is 1.50. The SMILES string of the molecule is Cc1cccc(OCc2ccc(C(=O)Nc3ncn(Cc4ccc(Cl)cc4Cl)n3)o2)c1. The molecule has 1 N–H and O–H groups in total. The normalized spacial score (nSPS) is 10.8. The second kappa shape index (κ2) is 9.24. The Morgan fingerprint density at radius 3 is 2.84 bits per heavy atom. The predicted molar refractivity (Wildman–Crippen MR) is 118 cm³/mol. The van der Waals surface area contributed by atoms with Gasteiger partial charge in [-0.15, -0.1) is 5.10 Å². The van der Waals surface area contributed by atoms with Crippen LogP contribution in [0.3, 0.4) is 0 Å². The van der Waals surface area contributed by atoms with Crippen LogP contribution in [-0.4, -0.2) is 20.7 Å². The van der Waals surface area contributed by atoms with Gasteiger partial charge in [0.05, 0.1) is 6.54 Å². The number of aryl methyl sites for hydroxylation is 1. The van der Waals surface area contributed by atoms with E-state index >= 15 is 0 Å². The first kappa shape index (κ1) is 21.0. The number of nitrogens with zero attached hydrogens (tertiary/aromatic N) is 3. The molecule has 0 fully saturated rings. The highest BCUT2D eigenvalue weighted by atomic mass is 35.5. The molecule has 0 radical (unpaired) electrons. The Kier molecular flexibility index (Phi) is 6.25. The van der Waals surface area contributed by atoms with Crippen molar-refractivity contribution in [2.45, 2.75) is 20.1 Å². The number of amides is 1. The summed E-state index contributed by atoms with van der Waals surface area (Å²) in [5.41, 5.74) is 1.93. The van der Waals surface area contributed by atoms with Gasteiger partial charge in [-0.05, 0) is 54.4 Å². The van der Waals surface area contributed by atoms with Gasteiger partial charge in [0, 0.05) is 10.0 Å². The van der Waals surface area contributed by atoms with Crippen LogP contribution in [0.5, 0.6) is 5.75 Å². The molecule has 2 heterocycles. The summed E-state index contributed by atoms with van der Waals surface area (Å²) < 4.78 is 12.8. The maximum Gasteiger partial charge on any atom is 0.293 e. The van der Waals surface area contributed by atoms with Crippen LogP contribution in [0, 0.1) is 6.92 Å². The Labute approximate surface area is 188 Å². The van der Waals surface area contributed by atoms with Gasteiger partial charge in [-0.1, -0.05) is 41.4 Å². The fourth-order valence-electron chi connectivity index (χ4n) is 2.85. The molecule has 0 aliphatic heterocycles. The van der Waals surface area contributed by atoms with Gasteiger partial charge in [0.1, 0.15) is 24.4 Å². The minimum absolute atomic E-state index is 0.139. The van der Waals surface area contributed by atoms with Gasteiger partial charge in [0.25, 0.3) is 5.91 Å². The monoisotopic (exact) mass is 456 g/mol.